The Labute approximate surface area is 105 Å². The van der Waals surface area contributed by atoms with Crippen LogP contribution in [-0.4, -0.2) is 16.3 Å². The van der Waals surface area contributed by atoms with Crippen molar-refractivity contribution in [2.75, 3.05) is 6.54 Å². The van der Waals surface area contributed by atoms with E-state index in [-0.39, 0.29) is 0 Å². The predicted molar refractivity (Wildman–Crippen MR) is 70.8 cm³/mol. The van der Waals surface area contributed by atoms with Gasteiger partial charge in [0.15, 0.2) is 0 Å². The standard InChI is InChI=1S/C14H25N3/c1-5-17-9-13(8-16-17)12(4)15-10-14(6-7-14)11(2)3/h8-9,11-12,15H,5-7,10H2,1-4H3. The molecule has 2 rings (SSSR count). The molecule has 0 amide bonds. The highest BCUT2D eigenvalue weighted by Gasteiger charge is 2.44. The SMILES string of the molecule is CCn1cc(C(C)NCC2(C(C)C)CC2)cn1. The van der Waals surface area contributed by atoms with Gasteiger partial charge < -0.3 is 5.32 Å². The molecule has 1 atom stereocenters. The first-order valence-electron chi connectivity index (χ1n) is 6.83. The molecule has 0 aliphatic heterocycles. The van der Waals surface area contributed by atoms with Crippen LogP contribution in [0.1, 0.15) is 52.1 Å². The Morgan fingerprint density at radius 1 is 1.41 bits per heavy atom. The molecule has 0 aromatic carbocycles. The highest BCUT2D eigenvalue weighted by Crippen LogP contribution is 2.51. The molecule has 1 heterocycles. The summed E-state index contributed by atoms with van der Waals surface area (Å²) in [4.78, 5) is 0. The lowest BCUT2D eigenvalue weighted by Gasteiger charge is -2.22. The fraction of sp³-hybridized carbons (Fsp3) is 0.786. The van der Waals surface area contributed by atoms with E-state index in [4.69, 9.17) is 0 Å². The average molecular weight is 235 g/mol. The average Bonchev–Trinajstić information content (AvgIpc) is 2.96. The third-order valence-corrected chi connectivity index (χ3v) is 4.35. The van der Waals surface area contributed by atoms with Crippen LogP contribution in [0.3, 0.4) is 0 Å². The fourth-order valence-corrected chi connectivity index (χ4v) is 2.37. The molecule has 96 valence electrons. The molecule has 1 aliphatic rings. The monoisotopic (exact) mass is 235 g/mol. The van der Waals surface area contributed by atoms with E-state index in [1.165, 1.54) is 18.4 Å². The summed E-state index contributed by atoms with van der Waals surface area (Å²) in [6.45, 7) is 11.1. The fourth-order valence-electron chi connectivity index (χ4n) is 2.37. The van der Waals surface area contributed by atoms with Crippen molar-refractivity contribution in [2.24, 2.45) is 11.3 Å². The van der Waals surface area contributed by atoms with Gasteiger partial charge >= 0.3 is 0 Å². The van der Waals surface area contributed by atoms with Gasteiger partial charge in [0.25, 0.3) is 0 Å². The Morgan fingerprint density at radius 2 is 2.12 bits per heavy atom. The maximum Gasteiger partial charge on any atom is 0.0537 e. The normalized spacial score (nSPS) is 19.6. The molecule has 1 unspecified atom stereocenters. The highest BCUT2D eigenvalue weighted by atomic mass is 15.3. The summed E-state index contributed by atoms with van der Waals surface area (Å²) in [6, 6.07) is 0.409. The van der Waals surface area contributed by atoms with Crippen LogP contribution in [0.15, 0.2) is 12.4 Å². The molecule has 0 spiro atoms. The molecule has 0 radical (unpaired) electrons. The van der Waals surface area contributed by atoms with E-state index in [0.29, 0.717) is 11.5 Å². The van der Waals surface area contributed by atoms with E-state index < -0.39 is 0 Å². The van der Waals surface area contributed by atoms with E-state index >= 15 is 0 Å². The maximum atomic E-state index is 4.33. The zero-order valence-corrected chi connectivity index (χ0v) is 11.5. The van der Waals surface area contributed by atoms with Crippen molar-refractivity contribution in [2.45, 2.75) is 53.1 Å². The summed E-state index contributed by atoms with van der Waals surface area (Å²) in [5, 5.41) is 7.99. The largest absolute Gasteiger partial charge is 0.310 e. The Bertz CT molecular complexity index is 363. The van der Waals surface area contributed by atoms with Gasteiger partial charge in [-0.3, -0.25) is 4.68 Å². The minimum Gasteiger partial charge on any atom is -0.310 e. The minimum atomic E-state index is 0.409. The molecular formula is C14H25N3. The quantitative estimate of drug-likeness (QED) is 0.821. The Morgan fingerprint density at radius 3 is 2.59 bits per heavy atom. The van der Waals surface area contributed by atoms with Crippen molar-refractivity contribution >= 4 is 0 Å². The molecule has 3 heteroatoms. The molecule has 1 aromatic rings. The van der Waals surface area contributed by atoms with Crippen LogP contribution in [-0.2, 0) is 6.54 Å². The topological polar surface area (TPSA) is 29.9 Å². The number of aryl methyl sites for hydroxylation is 1. The van der Waals surface area contributed by atoms with Gasteiger partial charge in [0, 0.05) is 30.9 Å². The molecule has 1 fully saturated rings. The number of nitrogens with zero attached hydrogens (tertiary/aromatic N) is 2. The molecule has 1 N–H and O–H groups in total. The second-order valence-corrected chi connectivity index (χ2v) is 5.75. The molecule has 17 heavy (non-hydrogen) atoms. The molecule has 1 aliphatic carbocycles. The number of hydrogen-bond acceptors (Lipinski definition) is 2. The van der Waals surface area contributed by atoms with E-state index in [1.807, 2.05) is 10.9 Å². The van der Waals surface area contributed by atoms with Crippen LogP contribution in [0.25, 0.3) is 0 Å². The third-order valence-electron chi connectivity index (χ3n) is 4.35. The summed E-state index contributed by atoms with van der Waals surface area (Å²) >= 11 is 0. The number of hydrogen-bond donors (Lipinski definition) is 1. The van der Waals surface area contributed by atoms with Gasteiger partial charge in [0.2, 0.25) is 0 Å². The Balaban J connectivity index is 1.87. The summed E-state index contributed by atoms with van der Waals surface area (Å²) in [7, 11) is 0. The van der Waals surface area contributed by atoms with E-state index in [1.54, 1.807) is 0 Å². The number of nitrogens with one attached hydrogen (secondary N) is 1. The van der Waals surface area contributed by atoms with Crippen LogP contribution in [0.5, 0.6) is 0 Å². The number of rotatable bonds is 6. The molecule has 3 nitrogen and oxygen atoms in total. The summed E-state index contributed by atoms with van der Waals surface area (Å²) in [5.74, 6) is 0.792. The van der Waals surface area contributed by atoms with Crippen LogP contribution < -0.4 is 5.32 Å². The lowest BCUT2D eigenvalue weighted by Crippen LogP contribution is -2.29. The van der Waals surface area contributed by atoms with Gasteiger partial charge in [0.1, 0.15) is 0 Å². The van der Waals surface area contributed by atoms with Crippen molar-refractivity contribution in [1.82, 2.24) is 15.1 Å². The maximum absolute atomic E-state index is 4.33. The zero-order chi connectivity index (χ0) is 12.5. The number of aromatic nitrogens is 2. The van der Waals surface area contributed by atoms with Gasteiger partial charge in [-0.05, 0) is 38.0 Å². The second-order valence-electron chi connectivity index (χ2n) is 5.75. The molecular weight excluding hydrogens is 210 g/mol. The van der Waals surface area contributed by atoms with Gasteiger partial charge in [-0.15, -0.1) is 0 Å². The van der Waals surface area contributed by atoms with E-state index in [2.05, 4.69) is 44.3 Å². The minimum absolute atomic E-state index is 0.409. The molecule has 0 bridgehead atoms. The van der Waals surface area contributed by atoms with Crippen molar-refractivity contribution in [3.05, 3.63) is 18.0 Å². The van der Waals surface area contributed by atoms with Crippen molar-refractivity contribution < 1.29 is 0 Å². The predicted octanol–water partition coefficient (Wildman–Crippen LogP) is 2.99. The first kappa shape index (κ1) is 12.6. The second kappa shape index (κ2) is 4.81. The molecule has 0 saturated heterocycles. The van der Waals surface area contributed by atoms with Gasteiger partial charge in [0.05, 0.1) is 6.20 Å². The van der Waals surface area contributed by atoms with Gasteiger partial charge in [-0.1, -0.05) is 13.8 Å². The van der Waals surface area contributed by atoms with Crippen molar-refractivity contribution in [3.8, 4) is 0 Å². The first-order chi connectivity index (χ1) is 8.07. The Hall–Kier alpha value is -0.830. The lowest BCUT2D eigenvalue weighted by molar-refractivity contribution is 0.325. The summed E-state index contributed by atoms with van der Waals surface area (Å²) < 4.78 is 1.99. The van der Waals surface area contributed by atoms with Gasteiger partial charge in [-0.2, -0.15) is 5.10 Å². The smallest absolute Gasteiger partial charge is 0.0537 e. The zero-order valence-electron chi connectivity index (χ0n) is 11.5. The van der Waals surface area contributed by atoms with E-state index in [0.717, 1.165) is 19.0 Å². The third kappa shape index (κ3) is 2.71. The van der Waals surface area contributed by atoms with Crippen LogP contribution in [0.4, 0.5) is 0 Å². The van der Waals surface area contributed by atoms with Crippen LogP contribution in [0, 0.1) is 11.3 Å². The lowest BCUT2D eigenvalue weighted by atomic mass is 9.92. The van der Waals surface area contributed by atoms with Crippen molar-refractivity contribution in [1.29, 1.82) is 0 Å². The van der Waals surface area contributed by atoms with Crippen molar-refractivity contribution in [3.63, 3.8) is 0 Å². The first-order valence-corrected chi connectivity index (χ1v) is 6.83. The van der Waals surface area contributed by atoms with Crippen LogP contribution in [0.2, 0.25) is 0 Å². The van der Waals surface area contributed by atoms with Crippen LogP contribution >= 0.6 is 0 Å². The Kier molecular flexibility index (Phi) is 3.57. The highest BCUT2D eigenvalue weighted by molar-refractivity contribution is 5.10. The summed E-state index contributed by atoms with van der Waals surface area (Å²) in [6.07, 6.45) is 6.90. The molecule has 1 saturated carbocycles. The summed E-state index contributed by atoms with van der Waals surface area (Å²) in [5.41, 5.74) is 1.88. The molecule has 1 aromatic heterocycles. The van der Waals surface area contributed by atoms with E-state index in [9.17, 15) is 0 Å². The van der Waals surface area contributed by atoms with Gasteiger partial charge in [-0.25, -0.2) is 0 Å².